The van der Waals surface area contributed by atoms with Crippen LogP contribution in [0.1, 0.15) is 0 Å². The van der Waals surface area contributed by atoms with Crippen molar-refractivity contribution in [3.63, 3.8) is 0 Å². The summed E-state index contributed by atoms with van der Waals surface area (Å²) in [6, 6.07) is 0. The zero-order valence-electron chi connectivity index (χ0n) is 6.90. The second-order valence-electron chi connectivity index (χ2n) is 0.752. The fourth-order valence-electron chi connectivity index (χ4n) is 0. The van der Waals surface area contributed by atoms with E-state index in [9.17, 15) is 0 Å². The Morgan fingerprint density at radius 1 is 0.750 bits per heavy atom. The van der Waals surface area contributed by atoms with Gasteiger partial charge in [-0.1, -0.05) is 0 Å². The van der Waals surface area contributed by atoms with Crippen LogP contribution in [0.3, 0.4) is 0 Å². The summed E-state index contributed by atoms with van der Waals surface area (Å²) >= 11 is 0. The molecule has 0 aliphatic heterocycles. The van der Waals surface area contributed by atoms with Crippen LogP contribution in [0.5, 0.6) is 0 Å². The Morgan fingerprint density at radius 2 is 0.750 bits per heavy atom. The van der Waals surface area contributed by atoms with Crippen molar-refractivity contribution in [1.29, 1.82) is 0 Å². The van der Waals surface area contributed by atoms with E-state index >= 15 is 0 Å². The van der Waals surface area contributed by atoms with Crippen LogP contribution in [0.25, 0.3) is 0 Å². The molecule has 90 valence electrons. The fraction of sp³-hybridized carbons (Fsp3) is 0. The maximum atomic E-state index is 8.25. The van der Waals surface area contributed by atoms with Gasteiger partial charge in [0.1, 0.15) is 0 Å². The van der Waals surface area contributed by atoms with Crippen molar-refractivity contribution >= 4 is 17.4 Å². The minimum absolute atomic E-state index is 0. The molecule has 0 aromatic rings. The first-order valence-corrected chi connectivity index (χ1v) is 2.03. The van der Waals surface area contributed by atoms with E-state index in [1.807, 2.05) is 0 Å². The first-order chi connectivity index (χ1) is 6.61. The smallest absolute Gasteiger partial charge is 0.379 e. The van der Waals surface area contributed by atoms with Gasteiger partial charge in [0.15, 0.2) is 5.34 Å². The number of hydrogen-bond acceptors (Lipinski definition) is 11. The number of rotatable bonds is 0. The van der Waals surface area contributed by atoms with E-state index in [4.69, 9.17) is 56.1 Å². The van der Waals surface area contributed by atoms with Crippen LogP contribution < -0.4 is 0 Å². The molecule has 0 aromatic heterocycles. The zero-order chi connectivity index (χ0) is 13.4. The molecule has 0 fully saturated rings. The number of nitrogens with zero attached hydrogens (tertiary/aromatic N) is 4. The topological polar surface area (TPSA) is 248 Å². The van der Waals surface area contributed by atoms with Gasteiger partial charge in [-0.3, -0.25) is 0 Å². The Bertz CT molecular complexity index is 148. The quantitative estimate of drug-likeness (QED) is 0.240. The van der Waals surface area contributed by atoms with E-state index in [1.165, 1.54) is 5.34 Å². The van der Waals surface area contributed by atoms with Crippen molar-refractivity contribution in [3.8, 4) is 0 Å². The maximum absolute atomic E-state index is 8.25. The van der Waals surface area contributed by atoms with E-state index in [0.717, 1.165) is 0 Å². The van der Waals surface area contributed by atoms with Gasteiger partial charge in [0.2, 0.25) is 0 Å². The molecule has 0 saturated carbocycles. The van der Waals surface area contributed by atoms with Gasteiger partial charge < -0.3 is 51.2 Å². The van der Waals surface area contributed by atoms with Crippen molar-refractivity contribution in [3.05, 3.63) is 50.9 Å². The molecule has 0 aliphatic rings. The molecule has 0 heterocycles. The molecule has 0 aromatic carbocycles. The van der Waals surface area contributed by atoms with Crippen LogP contribution in [0.4, 0.5) is 0 Å². The molecular weight excluding hydrogens is 259 g/mol. The Kier molecular flexibility index (Phi) is 53.6. The average Bonchev–Trinajstić information content (AvgIpc) is 1.81. The summed E-state index contributed by atoms with van der Waals surface area (Å²) in [5.41, 5.74) is 0. The first-order valence-electron chi connectivity index (χ1n) is 2.03. The molecule has 16 heteroatoms. The van der Waals surface area contributed by atoms with Gasteiger partial charge in [-0.05, 0) is 0 Å². The van der Waals surface area contributed by atoms with Gasteiger partial charge >= 0.3 is 17.4 Å². The van der Waals surface area contributed by atoms with Crippen LogP contribution in [0, 0.1) is 50.9 Å². The second-order valence-corrected chi connectivity index (χ2v) is 0.752. The van der Waals surface area contributed by atoms with E-state index in [0.29, 0.717) is 0 Å². The fourth-order valence-corrected chi connectivity index (χ4v) is 0. The van der Waals surface area contributed by atoms with Gasteiger partial charge in [0, 0.05) is 0 Å². The third kappa shape index (κ3) is 210. The van der Waals surface area contributed by atoms with Crippen LogP contribution in [0.2, 0.25) is 0 Å². The summed E-state index contributed by atoms with van der Waals surface area (Å²) in [6.07, 6.45) is 0. The first kappa shape index (κ1) is 29.2. The van der Waals surface area contributed by atoms with Crippen molar-refractivity contribution in [1.82, 2.24) is 0 Å². The maximum Gasteiger partial charge on any atom is 3.00 e. The van der Waals surface area contributed by atoms with Gasteiger partial charge in [0.05, 0.1) is 15.3 Å². The summed E-state index contributed by atoms with van der Waals surface area (Å²) in [7, 11) is 0. The minimum Gasteiger partial charge on any atom is -0.379 e. The molecule has 0 amide bonds. The van der Waals surface area contributed by atoms with Crippen LogP contribution >= 0.6 is 0 Å². The van der Waals surface area contributed by atoms with Crippen LogP contribution in [-0.4, -0.2) is 37.8 Å². The summed E-state index contributed by atoms with van der Waals surface area (Å²) in [4.78, 5) is 32.9. The van der Waals surface area contributed by atoms with Gasteiger partial charge in [-0.2, -0.15) is 0 Å². The summed E-state index contributed by atoms with van der Waals surface area (Å²) < 4.78 is 0. The molecule has 0 saturated heterocycles. The molecule has 15 nitrogen and oxygen atoms in total. The summed E-state index contributed by atoms with van der Waals surface area (Å²) in [5, 5.41) is 52.1. The molecule has 0 spiro atoms. The van der Waals surface area contributed by atoms with Crippen molar-refractivity contribution < 1.29 is 20.5 Å². The van der Waals surface area contributed by atoms with E-state index < -0.39 is 15.3 Å². The average molecular weight is 260 g/mol. The Labute approximate surface area is 94.9 Å². The molecule has 0 bridgehead atoms. The Hall–Kier alpha value is -2.47. The van der Waals surface area contributed by atoms with Gasteiger partial charge in [0.25, 0.3) is 0 Å². The van der Waals surface area contributed by atoms with Crippen LogP contribution in [-0.2, 0) is 0 Å². The predicted molar refractivity (Wildman–Crippen MR) is 44.4 cm³/mol. The molecule has 16 heavy (non-hydrogen) atoms. The predicted octanol–water partition coefficient (Wildman–Crippen LogP) is -0.956. The molecule has 0 rings (SSSR count). The van der Waals surface area contributed by atoms with Crippen molar-refractivity contribution in [2.24, 2.45) is 5.34 Å². The molecule has 0 atom stereocenters. The SMILES string of the molecule is O=NO.O=[N+]([O-])[O-].O=[N+]([O-])[O-].O=[N+]([O-])[O-].[Al+3]. The molecule has 1 N–H and O–H groups in total. The monoisotopic (exact) mass is 260 g/mol. The van der Waals surface area contributed by atoms with Crippen LogP contribution in [0.15, 0.2) is 5.34 Å². The van der Waals surface area contributed by atoms with Gasteiger partial charge in [-0.15, -0.1) is 4.91 Å². The minimum atomic E-state index is -1.75. The summed E-state index contributed by atoms with van der Waals surface area (Å²) in [6.45, 7) is 0. The van der Waals surface area contributed by atoms with E-state index in [1.54, 1.807) is 0 Å². The third-order valence-corrected chi connectivity index (χ3v) is 0. The standard InChI is InChI=1S/Al.3NO3.HNO2/c;3*2-1(3)4;2-1-3/h;;;;(H,2,3)/q+3;3*-1;. The third-order valence-electron chi connectivity index (χ3n) is 0. The van der Waals surface area contributed by atoms with Gasteiger partial charge in [-0.25, -0.2) is 0 Å². The molecule has 0 radical (unpaired) electrons. The zero-order valence-corrected chi connectivity index (χ0v) is 8.05. The normalized spacial score (nSPS) is 5.25. The largest absolute Gasteiger partial charge is 3.00 e. The Morgan fingerprint density at radius 3 is 0.750 bits per heavy atom. The summed E-state index contributed by atoms with van der Waals surface area (Å²) in [5.74, 6) is 0. The molecule has 0 unspecified atom stereocenters. The Balaban J connectivity index is -0.0000000331. The van der Waals surface area contributed by atoms with Crippen molar-refractivity contribution in [2.75, 3.05) is 0 Å². The van der Waals surface area contributed by atoms with E-state index in [2.05, 4.69) is 0 Å². The second kappa shape index (κ2) is 29.4. The van der Waals surface area contributed by atoms with E-state index in [-0.39, 0.29) is 17.4 Å². The number of hydrogen-bond donors (Lipinski definition) is 1. The molecule has 0 aliphatic carbocycles. The molecular formula is HAlN4O11. The van der Waals surface area contributed by atoms with Crippen molar-refractivity contribution in [2.45, 2.75) is 0 Å².